The molecule has 10 heteroatoms. The molecule has 0 aliphatic carbocycles. The van der Waals surface area contributed by atoms with Gasteiger partial charge in [-0.05, 0) is 42.3 Å². The van der Waals surface area contributed by atoms with E-state index in [4.69, 9.17) is 13.9 Å². The smallest absolute Gasteiger partial charge is 0.293 e. The number of anilines is 2. The van der Waals surface area contributed by atoms with Crippen LogP contribution < -0.4 is 19.7 Å². The van der Waals surface area contributed by atoms with Crippen molar-refractivity contribution < 1.29 is 28.4 Å². The molecule has 1 aliphatic heterocycles. The van der Waals surface area contributed by atoms with Gasteiger partial charge in [0.25, 0.3) is 17.5 Å². The van der Waals surface area contributed by atoms with Crippen LogP contribution in [0.3, 0.4) is 0 Å². The Kier molecular flexibility index (Phi) is 5.50. The van der Waals surface area contributed by atoms with Gasteiger partial charge in [-0.3, -0.25) is 19.7 Å². The number of nitrogens with one attached hydrogen (secondary N) is 1. The average Bonchev–Trinajstić information content (AvgIpc) is 3.47. The summed E-state index contributed by atoms with van der Waals surface area (Å²) in [5.74, 6) is -0.319. The maximum atomic E-state index is 12.8. The fourth-order valence-electron chi connectivity index (χ4n) is 3.62. The van der Waals surface area contributed by atoms with Crippen LogP contribution in [0.25, 0.3) is 0 Å². The molecule has 0 radical (unpaired) electrons. The minimum atomic E-state index is -0.667. The number of benzene rings is 2. The van der Waals surface area contributed by atoms with Crippen LogP contribution in [0.15, 0.2) is 53.1 Å². The zero-order chi connectivity index (χ0) is 22.8. The predicted molar refractivity (Wildman–Crippen MR) is 115 cm³/mol. The number of nitro groups is 1. The monoisotopic (exact) mass is 437 g/mol. The predicted octanol–water partition coefficient (Wildman–Crippen LogP) is 3.66. The summed E-state index contributed by atoms with van der Waals surface area (Å²) in [4.78, 5) is 37.9. The van der Waals surface area contributed by atoms with Gasteiger partial charge < -0.3 is 24.1 Å². The summed E-state index contributed by atoms with van der Waals surface area (Å²) in [6.07, 6.45) is 2.04. The Balaban J connectivity index is 1.59. The number of amides is 2. The molecule has 0 fully saturated rings. The van der Waals surface area contributed by atoms with Gasteiger partial charge in [-0.1, -0.05) is 0 Å². The van der Waals surface area contributed by atoms with E-state index in [-0.39, 0.29) is 28.7 Å². The lowest BCUT2D eigenvalue weighted by atomic mass is 10.1. The molecule has 1 aromatic heterocycles. The van der Waals surface area contributed by atoms with Crippen molar-refractivity contribution in [2.24, 2.45) is 0 Å². The van der Waals surface area contributed by atoms with E-state index in [9.17, 15) is 19.7 Å². The summed E-state index contributed by atoms with van der Waals surface area (Å²) in [5, 5.41) is 14.2. The first-order chi connectivity index (χ1) is 15.4. The summed E-state index contributed by atoms with van der Waals surface area (Å²) in [6, 6.07) is 10.8. The van der Waals surface area contributed by atoms with Gasteiger partial charge in [0, 0.05) is 24.0 Å². The number of carbonyl (C=O) groups is 2. The number of ether oxygens (including phenoxy) is 2. The lowest BCUT2D eigenvalue weighted by molar-refractivity contribution is -0.385. The van der Waals surface area contributed by atoms with E-state index in [1.165, 1.54) is 26.5 Å². The molecule has 2 heterocycles. The molecule has 164 valence electrons. The molecule has 0 spiro atoms. The van der Waals surface area contributed by atoms with Crippen LogP contribution in [0.1, 0.15) is 26.5 Å². The SMILES string of the molecule is COc1cc(C(=O)Nc2ccc3c(c2)CCN3C(=O)c2ccco2)c([N+](=O)[O-])cc1OC. The van der Waals surface area contributed by atoms with Crippen molar-refractivity contribution in [3.8, 4) is 11.5 Å². The third kappa shape index (κ3) is 3.73. The van der Waals surface area contributed by atoms with Gasteiger partial charge in [-0.2, -0.15) is 0 Å². The Morgan fingerprint density at radius 3 is 2.53 bits per heavy atom. The summed E-state index contributed by atoms with van der Waals surface area (Å²) >= 11 is 0. The number of carbonyl (C=O) groups excluding carboxylic acids is 2. The van der Waals surface area contributed by atoms with E-state index in [0.29, 0.717) is 18.7 Å². The van der Waals surface area contributed by atoms with Gasteiger partial charge in [0.1, 0.15) is 5.56 Å². The Labute approximate surface area is 182 Å². The maximum absolute atomic E-state index is 12.8. The van der Waals surface area contributed by atoms with Crippen LogP contribution >= 0.6 is 0 Å². The van der Waals surface area contributed by atoms with Gasteiger partial charge in [0.15, 0.2) is 17.3 Å². The van der Waals surface area contributed by atoms with Crippen LogP contribution in [-0.4, -0.2) is 37.5 Å². The van der Waals surface area contributed by atoms with E-state index in [0.717, 1.165) is 17.3 Å². The Morgan fingerprint density at radius 2 is 1.88 bits per heavy atom. The fourth-order valence-corrected chi connectivity index (χ4v) is 3.62. The minimum Gasteiger partial charge on any atom is -0.493 e. The third-order valence-corrected chi connectivity index (χ3v) is 5.15. The lowest BCUT2D eigenvalue weighted by Gasteiger charge is -2.16. The highest BCUT2D eigenvalue weighted by Gasteiger charge is 2.28. The zero-order valence-electron chi connectivity index (χ0n) is 17.3. The molecule has 0 saturated carbocycles. The number of hydrogen-bond acceptors (Lipinski definition) is 7. The first kappa shape index (κ1) is 20.9. The number of nitro benzene ring substituents is 1. The first-order valence-electron chi connectivity index (χ1n) is 9.63. The number of fused-ring (bicyclic) bond motifs is 1. The van der Waals surface area contributed by atoms with E-state index < -0.39 is 16.5 Å². The molecule has 0 atom stereocenters. The molecule has 2 amide bonds. The van der Waals surface area contributed by atoms with E-state index in [1.807, 2.05) is 0 Å². The van der Waals surface area contributed by atoms with Crippen molar-refractivity contribution in [2.45, 2.75) is 6.42 Å². The molecule has 0 unspecified atom stereocenters. The van der Waals surface area contributed by atoms with Crippen LogP contribution in [0.5, 0.6) is 11.5 Å². The largest absolute Gasteiger partial charge is 0.493 e. The second-order valence-electron chi connectivity index (χ2n) is 6.96. The average molecular weight is 437 g/mol. The maximum Gasteiger partial charge on any atom is 0.293 e. The topological polar surface area (TPSA) is 124 Å². The molecule has 0 bridgehead atoms. The summed E-state index contributed by atoms with van der Waals surface area (Å²) < 4.78 is 15.4. The fraction of sp³-hybridized carbons (Fsp3) is 0.182. The van der Waals surface area contributed by atoms with Crippen molar-refractivity contribution in [1.29, 1.82) is 0 Å². The third-order valence-electron chi connectivity index (χ3n) is 5.15. The summed E-state index contributed by atoms with van der Waals surface area (Å²) in [5.41, 5.74) is 1.47. The quantitative estimate of drug-likeness (QED) is 0.461. The van der Waals surface area contributed by atoms with Crippen molar-refractivity contribution in [2.75, 3.05) is 31.0 Å². The molecule has 4 rings (SSSR count). The normalized spacial score (nSPS) is 12.2. The highest BCUT2D eigenvalue weighted by molar-refractivity contribution is 6.08. The van der Waals surface area contributed by atoms with E-state index in [1.54, 1.807) is 35.2 Å². The van der Waals surface area contributed by atoms with Gasteiger partial charge in [0.2, 0.25) is 0 Å². The molecule has 10 nitrogen and oxygen atoms in total. The van der Waals surface area contributed by atoms with Gasteiger partial charge in [0.05, 0.1) is 31.5 Å². The molecule has 32 heavy (non-hydrogen) atoms. The molecular formula is C22H19N3O7. The highest BCUT2D eigenvalue weighted by Crippen LogP contribution is 2.36. The molecule has 1 N–H and O–H groups in total. The highest BCUT2D eigenvalue weighted by atomic mass is 16.6. The van der Waals surface area contributed by atoms with Crippen molar-refractivity contribution >= 4 is 28.9 Å². The minimum absolute atomic E-state index is 0.148. The Bertz CT molecular complexity index is 1200. The van der Waals surface area contributed by atoms with Crippen molar-refractivity contribution in [3.05, 3.63) is 75.7 Å². The number of hydrogen-bond donors (Lipinski definition) is 1. The first-order valence-corrected chi connectivity index (χ1v) is 9.63. The summed E-state index contributed by atoms with van der Waals surface area (Å²) in [7, 11) is 2.73. The number of rotatable bonds is 6. The molecule has 3 aromatic rings. The number of nitrogens with zero attached hydrogens (tertiary/aromatic N) is 2. The van der Waals surface area contributed by atoms with Crippen LogP contribution in [-0.2, 0) is 6.42 Å². The summed E-state index contributed by atoms with van der Waals surface area (Å²) in [6.45, 7) is 0.480. The molecular weight excluding hydrogens is 418 g/mol. The van der Waals surface area contributed by atoms with E-state index in [2.05, 4.69) is 5.32 Å². The zero-order valence-corrected chi connectivity index (χ0v) is 17.3. The van der Waals surface area contributed by atoms with Crippen molar-refractivity contribution in [1.82, 2.24) is 0 Å². The van der Waals surface area contributed by atoms with Crippen LogP contribution in [0, 0.1) is 10.1 Å². The van der Waals surface area contributed by atoms with E-state index >= 15 is 0 Å². The number of methoxy groups -OCH3 is 2. The Hall–Kier alpha value is -4.34. The molecule has 0 saturated heterocycles. The second kappa shape index (κ2) is 8.42. The van der Waals surface area contributed by atoms with Crippen LogP contribution in [0.4, 0.5) is 17.1 Å². The second-order valence-corrected chi connectivity index (χ2v) is 6.96. The van der Waals surface area contributed by atoms with Gasteiger partial charge in [-0.25, -0.2) is 0 Å². The molecule has 2 aromatic carbocycles. The van der Waals surface area contributed by atoms with Gasteiger partial charge in [-0.15, -0.1) is 0 Å². The Morgan fingerprint density at radius 1 is 1.12 bits per heavy atom. The van der Waals surface area contributed by atoms with Crippen molar-refractivity contribution in [3.63, 3.8) is 0 Å². The lowest BCUT2D eigenvalue weighted by Crippen LogP contribution is -2.28. The standard InChI is InChI=1S/C22H19N3O7/c1-30-19-11-15(17(25(28)29)12-20(19)31-2)21(26)23-14-5-6-16-13(10-14)7-8-24(16)22(27)18-4-3-9-32-18/h3-6,9-12H,7-8H2,1-2H3,(H,23,26). The number of furan rings is 1. The van der Waals surface area contributed by atoms with Crippen LogP contribution in [0.2, 0.25) is 0 Å². The van der Waals surface area contributed by atoms with Gasteiger partial charge >= 0.3 is 0 Å². The molecule has 1 aliphatic rings.